The minimum Gasteiger partial charge on any atom is -0.378 e. The summed E-state index contributed by atoms with van der Waals surface area (Å²) in [5, 5.41) is 0. The Hall–Kier alpha value is -4.18. The van der Waals surface area contributed by atoms with E-state index in [9.17, 15) is 4.79 Å². The van der Waals surface area contributed by atoms with Crippen molar-refractivity contribution in [2.45, 2.75) is 13.3 Å². The van der Waals surface area contributed by atoms with Crippen LogP contribution in [0.3, 0.4) is 0 Å². The number of hydrogen-bond donors (Lipinski definition) is 0. The molecule has 10 heteroatoms. The second-order valence-corrected chi connectivity index (χ2v) is 8.39. The molecule has 0 bridgehead atoms. The number of aromatic nitrogens is 7. The maximum absolute atomic E-state index is 13.3. The predicted molar refractivity (Wildman–Crippen MR) is 131 cm³/mol. The summed E-state index contributed by atoms with van der Waals surface area (Å²) in [6.07, 6.45) is 3.91. The zero-order chi connectivity index (χ0) is 23.9. The molecule has 5 heterocycles. The van der Waals surface area contributed by atoms with Crippen molar-refractivity contribution in [3.8, 4) is 5.95 Å². The van der Waals surface area contributed by atoms with Gasteiger partial charge in [-0.1, -0.05) is 19.1 Å². The Morgan fingerprint density at radius 1 is 1.03 bits per heavy atom. The van der Waals surface area contributed by atoms with Gasteiger partial charge in [0.05, 0.1) is 24.2 Å². The number of nitrogens with zero attached hydrogens (tertiary/aromatic N) is 8. The van der Waals surface area contributed by atoms with Crippen molar-refractivity contribution in [1.82, 2.24) is 34.1 Å². The van der Waals surface area contributed by atoms with Gasteiger partial charge in [-0.2, -0.15) is 9.97 Å². The topological polar surface area (TPSA) is 104 Å². The van der Waals surface area contributed by atoms with Crippen molar-refractivity contribution in [2.24, 2.45) is 7.05 Å². The molecule has 176 valence electrons. The molecule has 0 amide bonds. The summed E-state index contributed by atoms with van der Waals surface area (Å²) in [5.41, 5.74) is 3.47. The minimum atomic E-state index is -0.213. The van der Waals surface area contributed by atoms with Crippen LogP contribution in [-0.4, -0.2) is 66.1 Å². The van der Waals surface area contributed by atoms with E-state index in [0.29, 0.717) is 60.6 Å². The van der Waals surface area contributed by atoms with E-state index in [1.807, 2.05) is 35.9 Å². The fourth-order valence-electron chi connectivity index (χ4n) is 4.50. The van der Waals surface area contributed by atoms with Gasteiger partial charge in [0.2, 0.25) is 11.7 Å². The number of anilines is 1. The molecule has 0 radical (unpaired) electrons. The zero-order valence-corrected chi connectivity index (χ0v) is 19.5. The standard InChI is InChI=1S/C25H24N8O2/c1-3-19-27-17-8-4-5-9-18(17)33(19)25-29-22-20(23(30-25)32-11-13-35-14-12-32)28-24(31(22)2)21(34)16-7-6-10-26-15-16/h4-10,15H,3,11-14H2,1-2H3. The summed E-state index contributed by atoms with van der Waals surface area (Å²) in [4.78, 5) is 39.0. The molecule has 35 heavy (non-hydrogen) atoms. The van der Waals surface area contributed by atoms with Crippen LogP contribution in [0, 0.1) is 0 Å². The zero-order valence-electron chi connectivity index (χ0n) is 19.5. The van der Waals surface area contributed by atoms with Crippen LogP contribution >= 0.6 is 0 Å². The summed E-state index contributed by atoms with van der Waals surface area (Å²) in [6, 6.07) is 11.4. The smallest absolute Gasteiger partial charge is 0.239 e. The van der Waals surface area contributed by atoms with E-state index in [1.165, 1.54) is 0 Å². The molecule has 0 spiro atoms. The number of pyridine rings is 1. The fourth-order valence-corrected chi connectivity index (χ4v) is 4.50. The van der Waals surface area contributed by atoms with Crippen molar-refractivity contribution in [2.75, 3.05) is 31.2 Å². The number of imidazole rings is 2. The third kappa shape index (κ3) is 3.53. The van der Waals surface area contributed by atoms with Gasteiger partial charge in [-0.05, 0) is 24.3 Å². The van der Waals surface area contributed by atoms with Crippen molar-refractivity contribution in [3.05, 3.63) is 66.0 Å². The van der Waals surface area contributed by atoms with E-state index in [1.54, 1.807) is 29.1 Å². The van der Waals surface area contributed by atoms with E-state index in [-0.39, 0.29) is 5.78 Å². The number of carbonyl (C=O) groups excluding carboxylic acids is 1. The Kier molecular flexibility index (Phi) is 5.22. The number of fused-ring (bicyclic) bond motifs is 2. The lowest BCUT2D eigenvalue weighted by atomic mass is 10.2. The van der Waals surface area contributed by atoms with Crippen molar-refractivity contribution < 1.29 is 9.53 Å². The molecule has 0 saturated carbocycles. The second kappa shape index (κ2) is 8.55. The third-order valence-corrected chi connectivity index (χ3v) is 6.27. The predicted octanol–water partition coefficient (Wildman–Crippen LogP) is 2.73. The van der Waals surface area contributed by atoms with Crippen molar-refractivity contribution >= 4 is 33.8 Å². The molecular weight excluding hydrogens is 444 g/mol. The molecule has 1 saturated heterocycles. The largest absolute Gasteiger partial charge is 0.378 e. The first kappa shape index (κ1) is 21.4. The molecule has 10 nitrogen and oxygen atoms in total. The van der Waals surface area contributed by atoms with E-state index >= 15 is 0 Å². The fraction of sp³-hybridized carbons (Fsp3) is 0.280. The number of ketones is 1. The van der Waals surface area contributed by atoms with Gasteiger partial charge < -0.3 is 14.2 Å². The first-order valence-corrected chi connectivity index (χ1v) is 11.6. The van der Waals surface area contributed by atoms with Gasteiger partial charge >= 0.3 is 0 Å². The summed E-state index contributed by atoms with van der Waals surface area (Å²) >= 11 is 0. The van der Waals surface area contributed by atoms with E-state index in [2.05, 4.69) is 16.8 Å². The molecular formula is C25H24N8O2. The summed E-state index contributed by atoms with van der Waals surface area (Å²) in [6.45, 7) is 4.62. The molecule has 6 rings (SSSR count). The van der Waals surface area contributed by atoms with Crippen molar-refractivity contribution in [1.29, 1.82) is 0 Å². The number of rotatable bonds is 5. The van der Waals surface area contributed by atoms with Crippen molar-refractivity contribution in [3.63, 3.8) is 0 Å². The minimum absolute atomic E-state index is 0.213. The number of carbonyl (C=O) groups is 1. The Morgan fingerprint density at radius 2 is 1.86 bits per heavy atom. The first-order valence-electron chi connectivity index (χ1n) is 11.6. The SMILES string of the molecule is CCc1nc2ccccc2n1-c1nc(N2CCOCC2)c2nc(C(=O)c3cccnc3)n(C)c2n1. The number of para-hydroxylation sites is 2. The van der Waals surface area contributed by atoms with Gasteiger partial charge in [0.25, 0.3) is 0 Å². The van der Waals surface area contributed by atoms with Crippen LogP contribution < -0.4 is 4.90 Å². The number of ether oxygens (including phenoxy) is 1. The molecule has 1 aromatic carbocycles. The quantitative estimate of drug-likeness (QED) is 0.363. The lowest BCUT2D eigenvalue weighted by molar-refractivity contribution is 0.102. The molecule has 0 aliphatic carbocycles. The summed E-state index contributed by atoms with van der Waals surface area (Å²) in [5.74, 6) is 2.14. The van der Waals surface area contributed by atoms with Crippen LogP contribution in [-0.2, 0) is 18.2 Å². The highest BCUT2D eigenvalue weighted by Gasteiger charge is 2.26. The normalized spacial score (nSPS) is 14.2. The van der Waals surface area contributed by atoms with Gasteiger partial charge in [-0.25, -0.2) is 9.97 Å². The maximum atomic E-state index is 13.3. The average Bonchev–Trinajstić information content (AvgIpc) is 3.46. The highest BCUT2D eigenvalue weighted by Crippen LogP contribution is 2.29. The number of hydrogen-bond acceptors (Lipinski definition) is 8. The van der Waals surface area contributed by atoms with Crippen LogP contribution in [0.5, 0.6) is 0 Å². The van der Waals surface area contributed by atoms with Gasteiger partial charge in [0.1, 0.15) is 5.82 Å². The second-order valence-electron chi connectivity index (χ2n) is 8.39. The van der Waals surface area contributed by atoms with Crippen LogP contribution in [0.15, 0.2) is 48.8 Å². The molecule has 1 fully saturated rings. The molecule has 1 aliphatic rings. The third-order valence-electron chi connectivity index (χ3n) is 6.27. The number of morpholine rings is 1. The molecule has 4 aromatic heterocycles. The van der Waals surface area contributed by atoms with Gasteiger partial charge in [0.15, 0.2) is 22.8 Å². The highest BCUT2D eigenvalue weighted by molar-refractivity contribution is 6.08. The van der Waals surface area contributed by atoms with Crippen LogP contribution in [0.4, 0.5) is 5.82 Å². The Labute approximate surface area is 201 Å². The molecule has 0 unspecified atom stereocenters. The Morgan fingerprint density at radius 3 is 2.63 bits per heavy atom. The Balaban J connectivity index is 1.60. The lowest BCUT2D eigenvalue weighted by Gasteiger charge is -2.28. The van der Waals surface area contributed by atoms with Gasteiger partial charge in [0, 0.05) is 44.5 Å². The summed E-state index contributed by atoms with van der Waals surface area (Å²) in [7, 11) is 1.81. The van der Waals surface area contributed by atoms with E-state index in [0.717, 1.165) is 23.3 Å². The average molecular weight is 469 g/mol. The van der Waals surface area contributed by atoms with E-state index in [4.69, 9.17) is 24.7 Å². The first-order chi connectivity index (χ1) is 17.2. The van der Waals surface area contributed by atoms with Gasteiger partial charge in [-0.3, -0.25) is 14.3 Å². The number of benzene rings is 1. The lowest BCUT2D eigenvalue weighted by Crippen LogP contribution is -2.37. The molecule has 1 aliphatic heterocycles. The number of aryl methyl sites for hydroxylation is 2. The van der Waals surface area contributed by atoms with Gasteiger partial charge in [-0.15, -0.1) is 0 Å². The molecule has 0 atom stereocenters. The van der Waals surface area contributed by atoms with Crippen LogP contribution in [0.25, 0.3) is 28.1 Å². The maximum Gasteiger partial charge on any atom is 0.239 e. The van der Waals surface area contributed by atoms with E-state index < -0.39 is 0 Å². The summed E-state index contributed by atoms with van der Waals surface area (Å²) < 4.78 is 9.30. The van der Waals surface area contributed by atoms with Crippen LogP contribution in [0.1, 0.15) is 28.9 Å². The molecule has 0 N–H and O–H groups in total. The molecule has 5 aromatic rings. The van der Waals surface area contributed by atoms with Crippen LogP contribution in [0.2, 0.25) is 0 Å². The highest BCUT2D eigenvalue weighted by atomic mass is 16.5. The monoisotopic (exact) mass is 468 g/mol. The Bertz CT molecular complexity index is 1550.